The predicted molar refractivity (Wildman–Crippen MR) is 120 cm³/mol. The van der Waals surface area contributed by atoms with Crippen LogP contribution < -0.4 is 0 Å². The number of unbranched alkanes of at least 4 members (excludes halogenated alkanes) is 12. The fourth-order valence-corrected chi connectivity index (χ4v) is 3.78. The molecule has 0 rings (SSSR count). The Bertz CT molecular complexity index is 310. The van der Waals surface area contributed by atoms with E-state index in [-0.39, 0.29) is 6.10 Å². The van der Waals surface area contributed by atoms with Gasteiger partial charge in [-0.2, -0.15) is 0 Å². The van der Waals surface area contributed by atoms with Crippen molar-refractivity contribution in [1.82, 2.24) is 0 Å². The fraction of sp³-hybridized carbons (Fsp3) is 1.00. The average Bonchev–Trinajstić information content (AvgIpc) is 2.66. The highest BCUT2D eigenvalue weighted by Crippen LogP contribution is 2.12. The maximum Gasteiger partial charge on any atom is 0.0805 e. The molecule has 4 heteroatoms. The van der Waals surface area contributed by atoms with Crippen LogP contribution in [0.5, 0.6) is 0 Å². The SMILES string of the molecule is CCCCOC(CC)COCCCCCCCCCCCCCCS(C)=O. The summed E-state index contributed by atoms with van der Waals surface area (Å²) in [5.41, 5.74) is 0. The molecule has 0 aromatic carbocycles. The van der Waals surface area contributed by atoms with Crippen LogP contribution in [0.2, 0.25) is 0 Å². The van der Waals surface area contributed by atoms with E-state index < -0.39 is 10.8 Å². The van der Waals surface area contributed by atoms with Gasteiger partial charge in [-0.25, -0.2) is 0 Å². The van der Waals surface area contributed by atoms with Crippen LogP contribution in [-0.2, 0) is 20.3 Å². The first kappa shape index (κ1) is 27.1. The summed E-state index contributed by atoms with van der Waals surface area (Å²) in [6.07, 6.45) is 21.3. The number of ether oxygens (including phenoxy) is 2. The second-order valence-corrected chi connectivity index (χ2v) is 9.40. The van der Waals surface area contributed by atoms with Crippen LogP contribution in [-0.4, -0.2) is 42.1 Å². The standard InChI is InChI=1S/C23H48O3S/c1-4-6-20-26-23(5-2)22-25-19-17-15-13-11-9-7-8-10-12-14-16-18-21-27(3)24/h23H,4-22H2,1-3H3. The topological polar surface area (TPSA) is 35.5 Å². The molecule has 2 unspecified atom stereocenters. The lowest BCUT2D eigenvalue weighted by molar-refractivity contribution is -0.0197. The second-order valence-electron chi connectivity index (χ2n) is 7.85. The van der Waals surface area contributed by atoms with Crippen molar-refractivity contribution >= 4 is 10.8 Å². The summed E-state index contributed by atoms with van der Waals surface area (Å²) in [5, 5.41) is 0. The van der Waals surface area contributed by atoms with Crippen LogP contribution in [0.4, 0.5) is 0 Å². The highest BCUT2D eigenvalue weighted by atomic mass is 32.2. The quantitative estimate of drug-likeness (QED) is 0.189. The summed E-state index contributed by atoms with van der Waals surface area (Å²) in [4.78, 5) is 0. The Morgan fingerprint density at radius 1 is 0.704 bits per heavy atom. The second kappa shape index (κ2) is 22.4. The lowest BCUT2D eigenvalue weighted by atomic mass is 10.1. The molecule has 0 radical (unpaired) electrons. The highest BCUT2D eigenvalue weighted by Gasteiger charge is 2.06. The van der Waals surface area contributed by atoms with Crippen molar-refractivity contribution in [3.05, 3.63) is 0 Å². The summed E-state index contributed by atoms with van der Waals surface area (Å²) < 4.78 is 22.6. The van der Waals surface area contributed by atoms with Crippen LogP contribution in [0, 0.1) is 0 Å². The normalized spacial score (nSPS) is 13.7. The van der Waals surface area contributed by atoms with Crippen molar-refractivity contribution in [2.24, 2.45) is 0 Å². The van der Waals surface area contributed by atoms with Gasteiger partial charge in [-0.1, -0.05) is 84.5 Å². The number of rotatable bonds is 22. The predicted octanol–water partition coefficient (Wildman–Crippen LogP) is 6.66. The molecule has 0 N–H and O–H groups in total. The van der Waals surface area contributed by atoms with Gasteiger partial charge < -0.3 is 9.47 Å². The van der Waals surface area contributed by atoms with Gasteiger partial charge in [-0.05, 0) is 25.7 Å². The number of hydrogen-bond acceptors (Lipinski definition) is 3. The van der Waals surface area contributed by atoms with Gasteiger partial charge in [0.2, 0.25) is 0 Å². The van der Waals surface area contributed by atoms with Crippen molar-refractivity contribution in [3.63, 3.8) is 0 Å². The zero-order valence-electron chi connectivity index (χ0n) is 18.6. The molecule has 164 valence electrons. The minimum absolute atomic E-state index is 0.284. The fourth-order valence-electron chi connectivity index (χ4n) is 3.17. The average molecular weight is 405 g/mol. The summed E-state index contributed by atoms with van der Waals surface area (Å²) in [6.45, 7) is 6.90. The third-order valence-electron chi connectivity index (χ3n) is 5.08. The van der Waals surface area contributed by atoms with Crippen LogP contribution in [0.1, 0.15) is 110 Å². The minimum atomic E-state index is -0.600. The third-order valence-corrected chi connectivity index (χ3v) is 5.94. The maximum atomic E-state index is 11.0. The Kier molecular flexibility index (Phi) is 22.4. The third kappa shape index (κ3) is 22.2. The van der Waals surface area contributed by atoms with E-state index >= 15 is 0 Å². The highest BCUT2D eigenvalue weighted by molar-refractivity contribution is 7.84. The van der Waals surface area contributed by atoms with Crippen LogP contribution in [0.25, 0.3) is 0 Å². The lowest BCUT2D eigenvalue weighted by Crippen LogP contribution is -2.20. The molecule has 0 saturated carbocycles. The largest absolute Gasteiger partial charge is 0.379 e. The molecule has 0 aromatic rings. The van der Waals surface area contributed by atoms with Gasteiger partial charge in [0, 0.05) is 36.0 Å². The van der Waals surface area contributed by atoms with Gasteiger partial charge in [-0.3, -0.25) is 4.21 Å². The van der Waals surface area contributed by atoms with E-state index in [1.54, 1.807) is 6.26 Å². The molecular formula is C23H48O3S. The van der Waals surface area contributed by atoms with Crippen molar-refractivity contribution in [3.8, 4) is 0 Å². The minimum Gasteiger partial charge on any atom is -0.379 e. The summed E-state index contributed by atoms with van der Waals surface area (Å²) >= 11 is 0. The van der Waals surface area contributed by atoms with E-state index in [1.807, 2.05) is 0 Å². The first-order chi connectivity index (χ1) is 13.2. The molecule has 27 heavy (non-hydrogen) atoms. The van der Waals surface area contributed by atoms with Crippen molar-refractivity contribution < 1.29 is 13.7 Å². The molecule has 2 atom stereocenters. The molecule has 0 fully saturated rings. The summed E-state index contributed by atoms with van der Waals surface area (Å²) in [7, 11) is -0.600. The molecule has 0 saturated heterocycles. The Balaban J connectivity index is 3.17. The smallest absolute Gasteiger partial charge is 0.0805 e. The van der Waals surface area contributed by atoms with E-state index in [1.165, 1.54) is 77.0 Å². The molecule has 0 aliphatic carbocycles. The van der Waals surface area contributed by atoms with E-state index in [0.29, 0.717) is 0 Å². The van der Waals surface area contributed by atoms with Crippen LogP contribution in [0.3, 0.4) is 0 Å². The monoisotopic (exact) mass is 404 g/mol. The number of hydrogen-bond donors (Lipinski definition) is 0. The first-order valence-electron chi connectivity index (χ1n) is 11.7. The van der Waals surface area contributed by atoms with Crippen molar-refractivity contribution in [2.75, 3.05) is 31.8 Å². The Hall–Kier alpha value is 0.0700. The molecule has 0 aromatic heterocycles. The van der Waals surface area contributed by atoms with E-state index in [0.717, 1.165) is 44.8 Å². The van der Waals surface area contributed by atoms with Gasteiger partial charge in [0.25, 0.3) is 0 Å². The molecule has 0 amide bonds. The Morgan fingerprint density at radius 2 is 1.22 bits per heavy atom. The Morgan fingerprint density at radius 3 is 1.70 bits per heavy atom. The van der Waals surface area contributed by atoms with E-state index in [2.05, 4.69) is 13.8 Å². The molecule has 0 bridgehead atoms. The van der Waals surface area contributed by atoms with Gasteiger partial charge >= 0.3 is 0 Å². The summed E-state index contributed by atoms with van der Waals surface area (Å²) in [6, 6.07) is 0. The molecule has 3 nitrogen and oxygen atoms in total. The van der Waals surface area contributed by atoms with Gasteiger partial charge in [-0.15, -0.1) is 0 Å². The summed E-state index contributed by atoms with van der Waals surface area (Å²) in [5.74, 6) is 0.886. The van der Waals surface area contributed by atoms with Gasteiger partial charge in [0.1, 0.15) is 0 Å². The molecule has 0 heterocycles. The van der Waals surface area contributed by atoms with E-state index in [9.17, 15) is 4.21 Å². The van der Waals surface area contributed by atoms with Gasteiger partial charge in [0.05, 0.1) is 12.7 Å². The maximum absolute atomic E-state index is 11.0. The van der Waals surface area contributed by atoms with Crippen LogP contribution >= 0.6 is 0 Å². The zero-order valence-corrected chi connectivity index (χ0v) is 19.5. The molecule has 0 aliphatic rings. The van der Waals surface area contributed by atoms with Crippen molar-refractivity contribution in [2.45, 2.75) is 116 Å². The lowest BCUT2D eigenvalue weighted by Gasteiger charge is -2.16. The molecular weight excluding hydrogens is 356 g/mol. The first-order valence-corrected chi connectivity index (χ1v) is 13.4. The van der Waals surface area contributed by atoms with E-state index in [4.69, 9.17) is 9.47 Å². The molecule has 0 aliphatic heterocycles. The zero-order chi connectivity index (χ0) is 20.0. The van der Waals surface area contributed by atoms with Crippen LogP contribution in [0.15, 0.2) is 0 Å². The van der Waals surface area contributed by atoms with Crippen molar-refractivity contribution in [1.29, 1.82) is 0 Å². The van der Waals surface area contributed by atoms with Gasteiger partial charge in [0.15, 0.2) is 0 Å². The molecule has 0 spiro atoms. The Labute approximate surface area is 172 Å².